The first-order valence-corrected chi connectivity index (χ1v) is 7.29. The lowest BCUT2D eigenvalue weighted by Gasteiger charge is -2.14. The third kappa shape index (κ3) is 4.20. The first-order chi connectivity index (χ1) is 9.54. The Balaban J connectivity index is 1.90. The van der Waals surface area contributed by atoms with E-state index < -0.39 is 0 Å². The number of nitrogens with one attached hydrogen (secondary N) is 1. The van der Waals surface area contributed by atoms with Crippen LogP contribution in [0.15, 0.2) is 34.9 Å². The van der Waals surface area contributed by atoms with Crippen LogP contribution in [-0.4, -0.2) is 5.16 Å². The van der Waals surface area contributed by atoms with Gasteiger partial charge in [0.1, 0.15) is 5.76 Å². The van der Waals surface area contributed by atoms with Crippen LogP contribution in [0.25, 0.3) is 0 Å². The maximum absolute atomic E-state index is 5.07. The minimum absolute atomic E-state index is 0.306. The molecule has 1 N–H and O–H groups in total. The Labute approximate surface area is 121 Å². The zero-order chi connectivity index (χ0) is 14.5. The highest BCUT2D eigenvalue weighted by molar-refractivity contribution is 5.25. The van der Waals surface area contributed by atoms with Gasteiger partial charge in [0.05, 0.1) is 5.69 Å². The number of benzene rings is 1. The molecule has 1 heterocycles. The summed E-state index contributed by atoms with van der Waals surface area (Å²) in [5, 5.41) is 7.46. The summed E-state index contributed by atoms with van der Waals surface area (Å²) in [6, 6.07) is 11.2. The zero-order valence-corrected chi connectivity index (χ0v) is 12.8. The molecule has 3 nitrogen and oxygen atoms in total. The number of hydrogen-bond acceptors (Lipinski definition) is 3. The van der Waals surface area contributed by atoms with Crippen LogP contribution in [0, 0.1) is 12.8 Å². The van der Waals surface area contributed by atoms with Crippen molar-refractivity contribution in [3.05, 3.63) is 52.9 Å². The quantitative estimate of drug-likeness (QED) is 0.862. The van der Waals surface area contributed by atoms with E-state index in [1.807, 2.05) is 13.0 Å². The lowest BCUT2D eigenvalue weighted by atomic mass is 10.00. The fourth-order valence-corrected chi connectivity index (χ4v) is 2.29. The van der Waals surface area contributed by atoms with Crippen molar-refractivity contribution >= 4 is 0 Å². The third-order valence-corrected chi connectivity index (χ3v) is 3.39. The Hall–Kier alpha value is -1.61. The number of hydrogen-bond donors (Lipinski definition) is 1. The van der Waals surface area contributed by atoms with Gasteiger partial charge < -0.3 is 9.84 Å². The molecule has 1 aromatic heterocycles. The van der Waals surface area contributed by atoms with Crippen molar-refractivity contribution in [1.29, 1.82) is 0 Å². The van der Waals surface area contributed by atoms with E-state index in [4.69, 9.17) is 4.52 Å². The highest BCUT2D eigenvalue weighted by Crippen LogP contribution is 2.16. The highest BCUT2D eigenvalue weighted by atomic mass is 16.5. The van der Waals surface area contributed by atoms with Crippen LogP contribution < -0.4 is 5.32 Å². The molecule has 0 saturated carbocycles. The number of aromatic nitrogens is 1. The van der Waals surface area contributed by atoms with E-state index in [2.05, 4.69) is 55.5 Å². The highest BCUT2D eigenvalue weighted by Gasteiger charge is 2.07. The molecule has 0 saturated heterocycles. The summed E-state index contributed by atoms with van der Waals surface area (Å²) in [7, 11) is 0. The molecule has 0 aliphatic carbocycles. The van der Waals surface area contributed by atoms with E-state index in [1.54, 1.807) is 0 Å². The summed E-state index contributed by atoms with van der Waals surface area (Å²) in [6.07, 6.45) is 1.14. The summed E-state index contributed by atoms with van der Waals surface area (Å²) >= 11 is 0. The molecular weight excluding hydrogens is 248 g/mol. The zero-order valence-electron chi connectivity index (χ0n) is 12.8. The number of rotatable bonds is 6. The van der Waals surface area contributed by atoms with E-state index in [0.717, 1.165) is 24.4 Å². The minimum Gasteiger partial charge on any atom is -0.361 e. The predicted octanol–water partition coefficient (Wildman–Crippen LogP) is 4.03. The van der Waals surface area contributed by atoms with Crippen molar-refractivity contribution in [2.24, 2.45) is 5.92 Å². The molecule has 1 atom stereocenters. The fraction of sp³-hybridized carbons (Fsp3) is 0.471. The van der Waals surface area contributed by atoms with E-state index in [9.17, 15) is 0 Å². The smallest absolute Gasteiger partial charge is 0.133 e. The second kappa shape index (κ2) is 6.71. The van der Waals surface area contributed by atoms with Crippen molar-refractivity contribution < 1.29 is 4.52 Å². The Morgan fingerprint density at radius 3 is 2.40 bits per heavy atom. The molecule has 1 unspecified atom stereocenters. The molecule has 2 aromatic rings. The van der Waals surface area contributed by atoms with E-state index >= 15 is 0 Å². The largest absolute Gasteiger partial charge is 0.361 e. The van der Waals surface area contributed by atoms with Gasteiger partial charge in [0, 0.05) is 18.7 Å². The van der Waals surface area contributed by atoms with Crippen LogP contribution in [0.3, 0.4) is 0 Å². The molecule has 2 rings (SSSR count). The van der Waals surface area contributed by atoms with Crippen molar-refractivity contribution in [2.45, 2.75) is 46.7 Å². The Bertz CT molecular complexity index is 528. The molecule has 0 aliphatic heterocycles. The topological polar surface area (TPSA) is 38.1 Å². The number of aryl methyl sites for hydroxylation is 1. The standard InChI is InChI=1S/C17H24N2O/c1-12(2)9-15-5-7-16(8-6-15)14(4)18-11-17-10-13(3)20-19-17/h5-8,10,12,14,18H,9,11H2,1-4H3. The van der Waals surface area contributed by atoms with Crippen molar-refractivity contribution in [2.75, 3.05) is 0 Å². The second-order valence-electron chi connectivity index (χ2n) is 5.87. The molecule has 0 bridgehead atoms. The minimum atomic E-state index is 0.306. The van der Waals surface area contributed by atoms with E-state index in [0.29, 0.717) is 12.0 Å². The van der Waals surface area contributed by atoms with Crippen LogP contribution in [0.5, 0.6) is 0 Å². The van der Waals surface area contributed by atoms with Gasteiger partial charge in [-0.25, -0.2) is 0 Å². The van der Waals surface area contributed by atoms with Crippen LogP contribution in [0.4, 0.5) is 0 Å². The second-order valence-corrected chi connectivity index (χ2v) is 5.87. The first-order valence-electron chi connectivity index (χ1n) is 7.29. The van der Waals surface area contributed by atoms with E-state index in [1.165, 1.54) is 11.1 Å². The first kappa shape index (κ1) is 14.8. The lowest BCUT2D eigenvalue weighted by Crippen LogP contribution is -2.18. The predicted molar refractivity (Wildman–Crippen MR) is 81.5 cm³/mol. The molecule has 108 valence electrons. The lowest BCUT2D eigenvalue weighted by molar-refractivity contribution is 0.386. The van der Waals surface area contributed by atoms with Gasteiger partial charge in [-0.05, 0) is 37.3 Å². The van der Waals surface area contributed by atoms with Crippen molar-refractivity contribution in [1.82, 2.24) is 10.5 Å². The van der Waals surface area contributed by atoms with Crippen LogP contribution in [0.2, 0.25) is 0 Å². The van der Waals surface area contributed by atoms with Gasteiger partial charge in [0.2, 0.25) is 0 Å². The molecule has 0 radical (unpaired) electrons. The molecule has 0 spiro atoms. The SMILES string of the molecule is Cc1cc(CNC(C)c2ccc(CC(C)C)cc2)no1. The van der Waals surface area contributed by atoms with Gasteiger partial charge in [-0.1, -0.05) is 43.3 Å². The summed E-state index contributed by atoms with van der Waals surface area (Å²) in [5.74, 6) is 1.55. The van der Waals surface area contributed by atoms with Gasteiger partial charge in [0.25, 0.3) is 0 Å². The van der Waals surface area contributed by atoms with Crippen molar-refractivity contribution in [3.63, 3.8) is 0 Å². The van der Waals surface area contributed by atoms with Gasteiger partial charge in [-0.2, -0.15) is 0 Å². The number of nitrogens with zero attached hydrogens (tertiary/aromatic N) is 1. The van der Waals surface area contributed by atoms with Gasteiger partial charge >= 0.3 is 0 Å². The molecular formula is C17H24N2O. The van der Waals surface area contributed by atoms with Crippen molar-refractivity contribution in [3.8, 4) is 0 Å². The van der Waals surface area contributed by atoms with E-state index in [-0.39, 0.29) is 0 Å². The van der Waals surface area contributed by atoms with Crippen LogP contribution in [-0.2, 0) is 13.0 Å². The Kier molecular flexibility index (Phi) is 4.96. The average Bonchev–Trinajstić information content (AvgIpc) is 2.82. The average molecular weight is 272 g/mol. The third-order valence-electron chi connectivity index (χ3n) is 3.39. The van der Waals surface area contributed by atoms with Crippen LogP contribution >= 0.6 is 0 Å². The monoisotopic (exact) mass is 272 g/mol. The Morgan fingerprint density at radius 2 is 1.85 bits per heavy atom. The van der Waals surface area contributed by atoms with Gasteiger partial charge in [-0.15, -0.1) is 0 Å². The normalized spacial score (nSPS) is 12.8. The Morgan fingerprint density at radius 1 is 1.15 bits per heavy atom. The molecule has 0 amide bonds. The molecule has 20 heavy (non-hydrogen) atoms. The summed E-state index contributed by atoms with van der Waals surface area (Å²) in [4.78, 5) is 0. The molecule has 3 heteroatoms. The summed E-state index contributed by atoms with van der Waals surface area (Å²) < 4.78 is 5.07. The molecule has 0 fully saturated rings. The van der Waals surface area contributed by atoms with Gasteiger partial charge in [-0.3, -0.25) is 0 Å². The fourth-order valence-electron chi connectivity index (χ4n) is 2.29. The van der Waals surface area contributed by atoms with Crippen LogP contribution in [0.1, 0.15) is 49.4 Å². The molecule has 1 aromatic carbocycles. The maximum Gasteiger partial charge on any atom is 0.133 e. The maximum atomic E-state index is 5.07. The summed E-state index contributed by atoms with van der Waals surface area (Å²) in [5.41, 5.74) is 3.66. The van der Waals surface area contributed by atoms with Gasteiger partial charge in [0.15, 0.2) is 0 Å². The molecule has 0 aliphatic rings. The summed E-state index contributed by atoms with van der Waals surface area (Å²) in [6.45, 7) is 9.31.